The second-order valence-corrected chi connectivity index (χ2v) is 12.9. The topological polar surface area (TPSA) is 104 Å². The summed E-state index contributed by atoms with van der Waals surface area (Å²) >= 11 is 0. The van der Waals surface area contributed by atoms with Crippen molar-refractivity contribution < 1.29 is 22.9 Å². The Bertz CT molecular complexity index is 962. The van der Waals surface area contributed by atoms with Crippen LogP contribution >= 0.6 is 0 Å². The normalized spacial score (nSPS) is 14.4. The van der Waals surface area contributed by atoms with Crippen LogP contribution in [0.1, 0.15) is 136 Å². The summed E-state index contributed by atoms with van der Waals surface area (Å²) in [7, 11) is -4.36. The van der Waals surface area contributed by atoms with Crippen molar-refractivity contribution in [1.82, 2.24) is 5.32 Å². The van der Waals surface area contributed by atoms with Crippen LogP contribution in [0.5, 0.6) is 0 Å². The highest BCUT2D eigenvalue weighted by Gasteiger charge is 2.24. The second-order valence-electron chi connectivity index (χ2n) is 11.4. The highest BCUT2D eigenvalue weighted by atomic mass is 32.2. The first-order valence-corrected chi connectivity index (χ1v) is 18.7. The van der Waals surface area contributed by atoms with Gasteiger partial charge in [-0.2, -0.15) is 8.42 Å². The van der Waals surface area contributed by atoms with Crippen molar-refractivity contribution in [2.75, 3.05) is 5.75 Å². The number of carbonyl (C=O) groups is 1. The highest BCUT2D eigenvalue weighted by Crippen LogP contribution is 2.10. The van der Waals surface area contributed by atoms with Gasteiger partial charge in [-0.1, -0.05) is 132 Å². The van der Waals surface area contributed by atoms with E-state index in [-0.39, 0.29) is 12.3 Å². The molecule has 1 amide bonds. The SMILES string of the molecule is CC/C=C\C/C=C\C/C=C\C/C=C\CCCCCCC(=O)NC(CS(=O)(=O)O)C(O)/C=C/CC/C=C/CCCCCCCC. The van der Waals surface area contributed by atoms with Crippen LogP contribution in [-0.2, 0) is 14.9 Å². The Hall–Kier alpha value is -2.22. The largest absolute Gasteiger partial charge is 0.387 e. The summed E-state index contributed by atoms with van der Waals surface area (Å²) in [5.74, 6) is -1.04. The number of hydrogen-bond acceptors (Lipinski definition) is 4. The Morgan fingerprint density at radius 3 is 1.70 bits per heavy atom. The minimum absolute atomic E-state index is 0.256. The molecule has 3 N–H and O–H groups in total. The molecule has 0 aromatic carbocycles. The number of aliphatic hydroxyl groups excluding tert-OH is 1. The number of hydrogen-bond donors (Lipinski definition) is 3. The third kappa shape index (κ3) is 31.2. The van der Waals surface area contributed by atoms with E-state index in [1.54, 1.807) is 6.08 Å². The van der Waals surface area contributed by atoms with Gasteiger partial charge in [0.15, 0.2) is 0 Å². The monoisotopic (exact) mass is 633 g/mol. The molecule has 7 heteroatoms. The van der Waals surface area contributed by atoms with Crippen LogP contribution in [0.15, 0.2) is 72.9 Å². The molecular formula is C37H63NO5S. The first-order chi connectivity index (χ1) is 21.3. The van der Waals surface area contributed by atoms with Gasteiger partial charge in [0.25, 0.3) is 10.1 Å². The maximum atomic E-state index is 12.4. The smallest absolute Gasteiger partial charge is 0.267 e. The lowest BCUT2D eigenvalue weighted by Gasteiger charge is -2.21. The maximum absolute atomic E-state index is 12.4. The number of rotatable bonds is 29. The zero-order valence-electron chi connectivity index (χ0n) is 27.8. The van der Waals surface area contributed by atoms with Crippen LogP contribution in [0.2, 0.25) is 0 Å². The predicted octanol–water partition coefficient (Wildman–Crippen LogP) is 9.51. The zero-order chi connectivity index (χ0) is 32.6. The summed E-state index contributed by atoms with van der Waals surface area (Å²) in [6.45, 7) is 4.36. The van der Waals surface area contributed by atoms with Crippen molar-refractivity contribution >= 4 is 16.0 Å². The average molecular weight is 634 g/mol. The Morgan fingerprint density at radius 1 is 0.636 bits per heavy atom. The first kappa shape index (κ1) is 41.8. The van der Waals surface area contributed by atoms with E-state index in [0.29, 0.717) is 12.8 Å². The molecule has 0 aliphatic rings. The summed E-state index contributed by atoms with van der Waals surface area (Å²) in [4.78, 5) is 12.4. The van der Waals surface area contributed by atoms with Crippen molar-refractivity contribution in [3.63, 3.8) is 0 Å². The van der Waals surface area contributed by atoms with Crippen LogP contribution in [0, 0.1) is 0 Å². The van der Waals surface area contributed by atoms with E-state index in [1.165, 1.54) is 44.6 Å². The summed E-state index contributed by atoms with van der Waals surface area (Å²) in [6, 6.07) is -1.09. The zero-order valence-corrected chi connectivity index (χ0v) is 28.6. The molecule has 2 atom stereocenters. The average Bonchev–Trinajstić information content (AvgIpc) is 2.98. The third-order valence-corrected chi connectivity index (χ3v) is 7.90. The van der Waals surface area contributed by atoms with Gasteiger partial charge in [-0.3, -0.25) is 9.35 Å². The Kier molecular flexibility index (Phi) is 29.2. The van der Waals surface area contributed by atoms with E-state index in [1.807, 2.05) is 0 Å². The third-order valence-electron chi connectivity index (χ3n) is 7.12. The molecule has 0 saturated heterocycles. The lowest BCUT2D eigenvalue weighted by molar-refractivity contribution is -0.122. The van der Waals surface area contributed by atoms with Crippen molar-refractivity contribution in [1.29, 1.82) is 0 Å². The number of unbranched alkanes of at least 4 members (excludes halogenated alkanes) is 11. The van der Waals surface area contributed by atoms with Crippen LogP contribution in [-0.4, -0.2) is 41.9 Å². The molecule has 2 unspecified atom stereocenters. The van der Waals surface area contributed by atoms with Crippen molar-refractivity contribution in [3.8, 4) is 0 Å². The lowest BCUT2D eigenvalue weighted by atomic mass is 10.1. The molecule has 0 rings (SSSR count). The van der Waals surface area contributed by atoms with E-state index in [2.05, 4.69) is 79.9 Å². The van der Waals surface area contributed by atoms with E-state index >= 15 is 0 Å². The van der Waals surface area contributed by atoms with Crippen LogP contribution < -0.4 is 5.32 Å². The molecule has 0 saturated carbocycles. The molecule has 0 aliphatic carbocycles. The number of nitrogens with one attached hydrogen (secondary N) is 1. The van der Waals surface area contributed by atoms with Gasteiger partial charge >= 0.3 is 0 Å². The van der Waals surface area contributed by atoms with Crippen molar-refractivity contribution in [3.05, 3.63) is 72.9 Å². The van der Waals surface area contributed by atoms with Gasteiger partial charge in [0.1, 0.15) is 0 Å². The fraction of sp³-hybridized carbons (Fsp3) is 0.649. The quantitative estimate of drug-likeness (QED) is 0.0432. The molecule has 0 aromatic heterocycles. The Morgan fingerprint density at radius 2 is 1.11 bits per heavy atom. The van der Waals surface area contributed by atoms with Gasteiger partial charge in [0, 0.05) is 6.42 Å². The van der Waals surface area contributed by atoms with Gasteiger partial charge in [-0.15, -0.1) is 0 Å². The van der Waals surface area contributed by atoms with Crippen LogP contribution in [0.4, 0.5) is 0 Å². The van der Waals surface area contributed by atoms with E-state index < -0.39 is 28.0 Å². The molecule has 0 aliphatic heterocycles. The van der Waals surface area contributed by atoms with Crippen molar-refractivity contribution in [2.45, 2.75) is 148 Å². The van der Waals surface area contributed by atoms with Gasteiger partial charge in [-0.25, -0.2) is 0 Å². The summed E-state index contributed by atoms with van der Waals surface area (Å²) in [6.07, 6.45) is 43.1. The number of allylic oxidation sites excluding steroid dienone is 11. The standard InChI is InChI=1S/C37H63NO5S/c1-3-5-7-9-11-13-15-17-18-19-20-21-23-25-27-29-31-33-37(40)38-35(34-44(41,42)43)36(39)32-30-28-26-24-22-16-14-12-10-8-6-4-2/h5,7,11,13,17-18,20-22,24,30,32,35-36,39H,3-4,6,8-10,12,14-16,19,23,25-29,31,33-34H2,1-2H3,(H,38,40)(H,41,42,43)/b7-5-,13-11-,18-17-,21-20-,24-22+,32-30+. The summed E-state index contributed by atoms with van der Waals surface area (Å²) < 4.78 is 32.3. The molecule has 0 fully saturated rings. The molecular weight excluding hydrogens is 570 g/mol. The summed E-state index contributed by atoms with van der Waals surface area (Å²) in [5.41, 5.74) is 0. The molecule has 0 spiro atoms. The molecule has 0 bridgehead atoms. The van der Waals surface area contributed by atoms with Crippen LogP contribution in [0.3, 0.4) is 0 Å². The van der Waals surface area contributed by atoms with Crippen molar-refractivity contribution in [2.24, 2.45) is 0 Å². The predicted molar refractivity (Wildman–Crippen MR) is 188 cm³/mol. The van der Waals surface area contributed by atoms with Gasteiger partial charge in [-0.05, 0) is 70.6 Å². The minimum atomic E-state index is -4.36. The van der Waals surface area contributed by atoms with Gasteiger partial charge in [0.2, 0.25) is 5.91 Å². The fourth-order valence-corrected chi connectivity index (χ4v) is 5.31. The Labute approximate surface area is 270 Å². The molecule has 252 valence electrons. The van der Waals surface area contributed by atoms with Crippen LogP contribution in [0.25, 0.3) is 0 Å². The minimum Gasteiger partial charge on any atom is -0.387 e. The number of amides is 1. The molecule has 0 aromatic rings. The highest BCUT2D eigenvalue weighted by molar-refractivity contribution is 7.85. The Balaban J connectivity index is 4.14. The molecule has 6 nitrogen and oxygen atoms in total. The number of carbonyl (C=O) groups excluding carboxylic acids is 1. The second kappa shape index (κ2) is 30.8. The van der Waals surface area contributed by atoms with E-state index in [9.17, 15) is 22.9 Å². The van der Waals surface area contributed by atoms with E-state index in [4.69, 9.17) is 0 Å². The lowest BCUT2D eigenvalue weighted by Crippen LogP contribution is -2.46. The van der Waals surface area contributed by atoms with E-state index in [0.717, 1.165) is 64.2 Å². The first-order valence-electron chi connectivity index (χ1n) is 17.1. The van der Waals surface area contributed by atoms with Gasteiger partial charge < -0.3 is 10.4 Å². The van der Waals surface area contributed by atoms with Gasteiger partial charge in [0.05, 0.1) is 17.9 Å². The molecule has 0 radical (unpaired) electrons. The summed E-state index contributed by atoms with van der Waals surface area (Å²) in [5, 5.41) is 13.1. The maximum Gasteiger partial charge on any atom is 0.267 e. The molecule has 0 heterocycles. The number of aliphatic hydroxyl groups is 1. The fourth-order valence-electron chi connectivity index (χ4n) is 4.57. The molecule has 44 heavy (non-hydrogen) atoms.